The first kappa shape index (κ1) is 13.7. The number of hydrogen-bond acceptors (Lipinski definition) is 4. The first-order valence-electron chi connectivity index (χ1n) is 5.97. The van der Waals surface area contributed by atoms with Crippen LogP contribution in [-0.2, 0) is 17.9 Å². The van der Waals surface area contributed by atoms with Crippen LogP contribution in [0.1, 0.15) is 34.3 Å². The molecule has 0 spiro atoms. The van der Waals surface area contributed by atoms with Crippen molar-refractivity contribution in [3.8, 4) is 0 Å². The number of carbonyl (C=O) groups is 1. The summed E-state index contributed by atoms with van der Waals surface area (Å²) in [7, 11) is 0. The lowest BCUT2D eigenvalue weighted by molar-refractivity contribution is 0.0470. The van der Waals surface area contributed by atoms with Crippen molar-refractivity contribution in [1.82, 2.24) is 9.78 Å². The summed E-state index contributed by atoms with van der Waals surface area (Å²) in [4.78, 5) is 12.0. The van der Waals surface area contributed by atoms with Crippen LogP contribution in [0.25, 0.3) is 0 Å². The van der Waals surface area contributed by atoms with Gasteiger partial charge in [0, 0.05) is 12.1 Å². The Hall–Kier alpha value is -1.75. The molecule has 0 aromatic carbocycles. The zero-order valence-corrected chi connectivity index (χ0v) is 11.8. The van der Waals surface area contributed by atoms with Crippen LogP contribution in [0.2, 0.25) is 5.15 Å². The summed E-state index contributed by atoms with van der Waals surface area (Å²) >= 11 is 6.10. The highest BCUT2D eigenvalue weighted by molar-refractivity contribution is 6.32. The van der Waals surface area contributed by atoms with Gasteiger partial charge in [0.25, 0.3) is 0 Å². The van der Waals surface area contributed by atoms with Crippen molar-refractivity contribution in [3.05, 3.63) is 40.1 Å². The molecular formula is C13H15ClN2O3. The molecule has 2 rings (SSSR count). The largest absolute Gasteiger partial charge is 0.469 e. The summed E-state index contributed by atoms with van der Waals surface area (Å²) in [6, 6.07) is 1.77. The highest BCUT2D eigenvalue weighted by atomic mass is 35.5. The maximum Gasteiger partial charge on any atom is 0.343 e. The molecule has 0 unspecified atom stereocenters. The van der Waals surface area contributed by atoms with Crippen LogP contribution in [0.4, 0.5) is 0 Å². The third-order valence-electron chi connectivity index (χ3n) is 2.89. The fraction of sp³-hybridized carbons (Fsp3) is 0.385. The fourth-order valence-electron chi connectivity index (χ4n) is 1.77. The number of hydrogen-bond donors (Lipinski definition) is 0. The van der Waals surface area contributed by atoms with Gasteiger partial charge in [-0.1, -0.05) is 11.6 Å². The van der Waals surface area contributed by atoms with Gasteiger partial charge in [-0.3, -0.25) is 4.68 Å². The average molecular weight is 283 g/mol. The second-order valence-corrected chi connectivity index (χ2v) is 4.50. The Morgan fingerprint density at radius 2 is 2.26 bits per heavy atom. The normalized spacial score (nSPS) is 10.7. The molecule has 2 aromatic rings. The molecule has 0 atom stereocenters. The topological polar surface area (TPSA) is 57.3 Å². The van der Waals surface area contributed by atoms with Gasteiger partial charge in [0.1, 0.15) is 23.1 Å². The summed E-state index contributed by atoms with van der Waals surface area (Å²) in [5.41, 5.74) is 1.73. The molecule has 0 aliphatic heterocycles. The number of carbonyl (C=O) groups excluding carboxylic acids is 1. The van der Waals surface area contributed by atoms with Crippen molar-refractivity contribution in [1.29, 1.82) is 0 Å². The van der Waals surface area contributed by atoms with Crippen LogP contribution in [0, 0.1) is 13.8 Å². The molecule has 102 valence electrons. The minimum absolute atomic E-state index is 0.161. The molecule has 0 radical (unpaired) electrons. The Morgan fingerprint density at radius 1 is 1.53 bits per heavy atom. The van der Waals surface area contributed by atoms with E-state index in [0.717, 1.165) is 11.3 Å². The van der Waals surface area contributed by atoms with Gasteiger partial charge in [0.2, 0.25) is 0 Å². The molecule has 0 aliphatic rings. The Morgan fingerprint density at radius 3 is 2.79 bits per heavy atom. The highest BCUT2D eigenvalue weighted by Gasteiger charge is 2.21. The van der Waals surface area contributed by atoms with E-state index in [1.165, 1.54) is 0 Å². The fourth-order valence-corrected chi connectivity index (χ4v) is 2.14. The van der Waals surface area contributed by atoms with Crippen LogP contribution in [-0.4, -0.2) is 15.7 Å². The predicted molar refractivity (Wildman–Crippen MR) is 70.2 cm³/mol. The Bertz CT molecular complexity index is 601. The molecule has 6 heteroatoms. The van der Waals surface area contributed by atoms with E-state index in [1.54, 1.807) is 23.9 Å². The number of furan rings is 1. The lowest BCUT2D eigenvalue weighted by Crippen LogP contribution is -2.07. The van der Waals surface area contributed by atoms with E-state index in [4.69, 9.17) is 20.8 Å². The van der Waals surface area contributed by atoms with Crippen molar-refractivity contribution in [2.24, 2.45) is 0 Å². The molecular weight excluding hydrogens is 268 g/mol. The van der Waals surface area contributed by atoms with Crippen molar-refractivity contribution in [2.45, 2.75) is 33.9 Å². The lowest BCUT2D eigenvalue weighted by atomic mass is 10.2. The molecule has 0 aliphatic carbocycles. The predicted octanol–water partition coefficient (Wildman–Crippen LogP) is 3.12. The first-order chi connectivity index (χ1) is 9.04. The van der Waals surface area contributed by atoms with Crippen LogP contribution in [0.15, 0.2) is 16.7 Å². The number of nitrogens with zero attached hydrogens (tertiary/aromatic N) is 2. The summed E-state index contributed by atoms with van der Waals surface area (Å²) in [6.07, 6.45) is 1.56. The standard InChI is InChI=1S/C13H15ClN2O3/c1-4-16-12(14)11(8(2)15-16)13(17)19-7-10-5-6-18-9(10)3/h5-6H,4,7H2,1-3H3. The smallest absolute Gasteiger partial charge is 0.343 e. The zero-order valence-electron chi connectivity index (χ0n) is 11.1. The molecule has 0 bridgehead atoms. The van der Waals surface area contributed by atoms with Crippen LogP contribution in [0.3, 0.4) is 0 Å². The van der Waals surface area contributed by atoms with Crippen molar-refractivity contribution in [2.75, 3.05) is 0 Å². The quantitative estimate of drug-likeness (QED) is 0.809. The summed E-state index contributed by atoms with van der Waals surface area (Å²) in [5.74, 6) is 0.266. The Labute approximate surface area is 116 Å². The number of rotatable bonds is 4. The molecule has 2 aromatic heterocycles. The van der Waals surface area contributed by atoms with Gasteiger partial charge in [0.05, 0.1) is 12.0 Å². The van der Waals surface area contributed by atoms with Gasteiger partial charge < -0.3 is 9.15 Å². The van der Waals surface area contributed by atoms with E-state index in [9.17, 15) is 4.79 Å². The molecule has 0 N–H and O–H groups in total. The van der Waals surface area contributed by atoms with Gasteiger partial charge >= 0.3 is 5.97 Å². The van der Waals surface area contributed by atoms with Gasteiger partial charge in [-0.15, -0.1) is 0 Å². The molecule has 0 amide bonds. The van der Waals surface area contributed by atoms with E-state index < -0.39 is 5.97 Å². The molecule has 0 saturated carbocycles. The second-order valence-electron chi connectivity index (χ2n) is 4.15. The van der Waals surface area contributed by atoms with E-state index in [0.29, 0.717) is 23.0 Å². The summed E-state index contributed by atoms with van der Waals surface area (Å²) in [5, 5.41) is 4.49. The van der Waals surface area contributed by atoms with Crippen molar-refractivity contribution < 1.29 is 13.9 Å². The van der Waals surface area contributed by atoms with E-state index in [-0.39, 0.29) is 6.61 Å². The lowest BCUT2D eigenvalue weighted by Gasteiger charge is -2.04. The number of ether oxygens (including phenoxy) is 1. The van der Waals surface area contributed by atoms with Gasteiger partial charge in [-0.2, -0.15) is 5.10 Å². The maximum atomic E-state index is 12.0. The number of aryl methyl sites for hydroxylation is 3. The minimum Gasteiger partial charge on any atom is -0.469 e. The third kappa shape index (κ3) is 2.66. The monoisotopic (exact) mass is 282 g/mol. The van der Waals surface area contributed by atoms with Crippen LogP contribution < -0.4 is 0 Å². The summed E-state index contributed by atoms with van der Waals surface area (Å²) in [6.45, 7) is 6.22. The van der Waals surface area contributed by atoms with Crippen LogP contribution in [0.5, 0.6) is 0 Å². The van der Waals surface area contributed by atoms with Crippen LogP contribution >= 0.6 is 11.6 Å². The van der Waals surface area contributed by atoms with E-state index in [1.807, 2.05) is 13.8 Å². The van der Waals surface area contributed by atoms with Gasteiger partial charge in [-0.25, -0.2) is 4.79 Å². The Kier molecular flexibility index (Phi) is 3.95. The molecule has 5 nitrogen and oxygen atoms in total. The molecule has 0 fully saturated rings. The van der Waals surface area contributed by atoms with E-state index in [2.05, 4.69) is 5.10 Å². The number of halogens is 1. The van der Waals surface area contributed by atoms with Crippen molar-refractivity contribution >= 4 is 17.6 Å². The van der Waals surface area contributed by atoms with Gasteiger partial charge in [0.15, 0.2) is 0 Å². The Balaban J connectivity index is 2.12. The minimum atomic E-state index is -0.470. The SMILES string of the molecule is CCn1nc(C)c(C(=O)OCc2ccoc2C)c1Cl. The first-order valence-corrected chi connectivity index (χ1v) is 6.35. The molecule has 19 heavy (non-hydrogen) atoms. The second kappa shape index (κ2) is 5.48. The number of aromatic nitrogens is 2. The average Bonchev–Trinajstić information content (AvgIpc) is 2.90. The number of esters is 1. The zero-order chi connectivity index (χ0) is 14.0. The van der Waals surface area contributed by atoms with Crippen molar-refractivity contribution in [3.63, 3.8) is 0 Å². The van der Waals surface area contributed by atoms with E-state index >= 15 is 0 Å². The summed E-state index contributed by atoms with van der Waals surface area (Å²) < 4.78 is 11.9. The molecule has 2 heterocycles. The maximum absolute atomic E-state index is 12.0. The molecule has 0 saturated heterocycles. The van der Waals surface area contributed by atoms with Gasteiger partial charge in [-0.05, 0) is 26.8 Å². The highest BCUT2D eigenvalue weighted by Crippen LogP contribution is 2.21. The third-order valence-corrected chi connectivity index (χ3v) is 3.28.